The predicted molar refractivity (Wildman–Crippen MR) is 77.7 cm³/mol. The van der Waals surface area contributed by atoms with Gasteiger partial charge in [0.05, 0.1) is 0 Å². The van der Waals surface area contributed by atoms with Crippen LogP contribution < -0.4 is 15.5 Å². The summed E-state index contributed by atoms with van der Waals surface area (Å²) in [6, 6.07) is 0. The Morgan fingerprint density at radius 1 is 1.05 bits per heavy atom. The molecule has 0 aromatic carbocycles. The molecule has 3 rings (SSSR count). The van der Waals surface area contributed by atoms with Gasteiger partial charge >= 0.3 is 0 Å². The number of nitrogens with two attached hydrogens (primary N) is 1. The summed E-state index contributed by atoms with van der Waals surface area (Å²) in [6.07, 6.45) is 4.29. The van der Waals surface area contributed by atoms with Crippen LogP contribution >= 0.6 is 0 Å². The molecule has 2 aliphatic rings. The van der Waals surface area contributed by atoms with E-state index in [0.717, 1.165) is 39.0 Å². The summed E-state index contributed by atoms with van der Waals surface area (Å²) in [7, 11) is 0. The van der Waals surface area contributed by atoms with Crippen LogP contribution in [0, 0.1) is 5.92 Å². The number of aliphatic hydroxyl groups is 1. The van der Waals surface area contributed by atoms with E-state index in [1.807, 2.05) is 0 Å². The highest BCUT2D eigenvalue weighted by Crippen LogP contribution is 2.25. The second-order valence-corrected chi connectivity index (χ2v) is 5.60. The van der Waals surface area contributed by atoms with Crippen molar-refractivity contribution in [3.05, 3.63) is 0 Å². The SMILES string of the molecule is Nc1nc(N2CCCC2)nc(N2CCC(CCO)C2)n1. The van der Waals surface area contributed by atoms with Crippen molar-refractivity contribution in [1.29, 1.82) is 0 Å². The van der Waals surface area contributed by atoms with Crippen LogP contribution in [0.25, 0.3) is 0 Å². The Kier molecular flexibility index (Phi) is 3.86. The first kappa shape index (κ1) is 13.4. The summed E-state index contributed by atoms with van der Waals surface area (Å²) in [5.74, 6) is 2.20. The van der Waals surface area contributed by atoms with Crippen molar-refractivity contribution in [2.24, 2.45) is 5.92 Å². The Morgan fingerprint density at radius 2 is 1.75 bits per heavy atom. The maximum atomic E-state index is 9.03. The maximum Gasteiger partial charge on any atom is 0.231 e. The standard InChI is InChI=1S/C13H22N6O/c14-11-15-12(18-5-1-2-6-18)17-13(16-11)19-7-3-10(9-19)4-8-20/h10,20H,1-9H2,(H2,14,15,16,17). The van der Waals surface area contributed by atoms with Crippen LogP contribution in [0.15, 0.2) is 0 Å². The maximum absolute atomic E-state index is 9.03. The van der Waals surface area contributed by atoms with Gasteiger partial charge in [-0.05, 0) is 31.6 Å². The van der Waals surface area contributed by atoms with Gasteiger partial charge in [0.15, 0.2) is 0 Å². The predicted octanol–water partition coefficient (Wildman–Crippen LogP) is 0.263. The van der Waals surface area contributed by atoms with E-state index in [1.165, 1.54) is 12.8 Å². The van der Waals surface area contributed by atoms with Gasteiger partial charge in [-0.3, -0.25) is 0 Å². The van der Waals surface area contributed by atoms with E-state index in [4.69, 9.17) is 10.8 Å². The molecule has 0 amide bonds. The lowest BCUT2D eigenvalue weighted by Gasteiger charge is -2.20. The second-order valence-electron chi connectivity index (χ2n) is 5.60. The summed E-state index contributed by atoms with van der Waals surface area (Å²) >= 11 is 0. The zero-order valence-corrected chi connectivity index (χ0v) is 11.7. The van der Waals surface area contributed by atoms with E-state index >= 15 is 0 Å². The molecular formula is C13H22N6O. The molecule has 2 fully saturated rings. The van der Waals surface area contributed by atoms with Crippen molar-refractivity contribution in [2.75, 3.05) is 48.3 Å². The molecule has 0 bridgehead atoms. The van der Waals surface area contributed by atoms with Gasteiger partial charge in [-0.2, -0.15) is 15.0 Å². The lowest BCUT2D eigenvalue weighted by atomic mass is 10.1. The monoisotopic (exact) mass is 278 g/mol. The van der Waals surface area contributed by atoms with E-state index in [9.17, 15) is 0 Å². The minimum Gasteiger partial charge on any atom is -0.396 e. The highest BCUT2D eigenvalue weighted by molar-refractivity contribution is 5.44. The lowest BCUT2D eigenvalue weighted by molar-refractivity contribution is 0.263. The molecule has 2 saturated heterocycles. The zero-order valence-electron chi connectivity index (χ0n) is 11.7. The Hall–Kier alpha value is -1.63. The van der Waals surface area contributed by atoms with Gasteiger partial charge in [0.1, 0.15) is 0 Å². The number of rotatable bonds is 4. The third kappa shape index (κ3) is 2.77. The molecule has 0 saturated carbocycles. The minimum atomic E-state index is 0.247. The molecule has 3 N–H and O–H groups in total. The Balaban J connectivity index is 1.76. The number of nitrogen functional groups attached to an aromatic ring is 1. The van der Waals surface area contributed by atoms with Gasteiger partial charge < -0.3 is 20.6 Å². The van der Waals surface area contributed by atoms with E-state index in [1.54, 1.807) is 0 Å². The highest BCUT2D eigenvalue weighted by atomic mass is 16.3. The largest absolute Gasteiger partial charge is 0.396 e. The Morgan fingerprint density at radius 3 is 2.45 bits per heavy atom. The van der Waals surface area contributed by atoms with E-state index < -0.39 is 0 Å². The second kappa shape index (κ2) is 5.78. The number of hydrogen-bond donors (Lipinski definition) is 2. The molecule has 0 aliphatic carbocycles. The van der Waals surface area contributed by atoms with E-state index in [2.05, 4.69) is 24.8 Å². The molecule has 110 valence electrons. The van der Waals surface area contributed by atoms with Gasteiger partial charge in [-0.1, -0.05) is 0 Å². The van der Waals surface area contributed by atoms with Crippen LogP contribution in [-0.2, 0) is 0 Å². The van der Waals surface area contributed by atoms with Gasteiger partial charge in [0.25, 0.3) is 0 Å². The fourth-order valence-corrected chi connectivity index (χ4v) is 3.00. The Labute approximate surface area is 118 Å². The van der Waals surface area contributed by atoms with Crippen molar-refractivity contribution in [1.82, 2.24) is 15.0 Å². The van der Waals surface area contributed by atoms with E-state index in [0.29, 0.717) is 23.8 Å². The number of anilines is 3. The van der Waals surface area contributed by atoms with Gasteiger partial charge in [0, 0.05) is 32.8 Å². The van der Waals surface area contributed by atoms with Crippen molar-refractivity contribution >= 4 is 17.8 Å². The summed E-state index contributed by atoms with van der Waals surface area (Å²) in [5.41, 5.74) is 5.83. The van der Waals surface area contributed by atoms with Crippen LogP contribution in [0.4, 0.5) is 17.8 Å². The van der Waals surface area contributed by atoms with Gasteiger partial charge in [0.2, 0.25) is 17.8 Å². The summed E-state index contributed by atoms with van der Waals surface area (Å²) in [5, 5.41) is 9.03. The molecule has 7 nitrogen and oxygen atoms in total. The topological polar surface area (TPSA) is 91.4 Å². The van der Waals surface area contributed by atoms with Crippen molar-refractivity contribution in [2.45, 2.75) is 25.7 Å². The third-order valence-corrected chi connectivity index (χ3v) is 4.12. The molecule has 0 spiro atoms. The van der Waals surface area contributed by atoms with Crippen LogP contribution in [0.1, 0.15) is 25.7 Å². The van der Waals surface area contributed by atoms with Crippen LogP contribution in [-0.4, -0.2) is 52.8 Å². The van der Waals surface area contributed by atoms with Crippen LogP contribution in [0.3, 0.4) is 0 Å². The summed E-state index contributed by atoms with van der Waals surface area (Å²) in [6.45, 7) is 4.06. The Bertz CT molecular complexity index is 462. The first-order valence-electron chi connectivity index (χ1n) is 7.38. The fraction of sp³-hybridized carbons (Fsp3) is 0.769. The smallest absolute Gasteiger partial charge is 0.231 e. The fourth-order valence-electron chi connectivity index (χ4n) is 3.00. The molecule has 1 aromatic rings. The molecule has 1 aromatic heterocycles. The minimum absolute atomic E-state index is 0.247. The molecule has 1 unspecified atom stereocenters. The average Bonchev–Trinajstić information content (AvgIpc) is 3.09. The molecule has 2 aliphatic heterocycles. The third-order valence-electron chi connectivity index (χ3n) is 4.12. The molecule has 3 heterocycles. The molecule has 20 heavy (non-hydrogen) atoms. The first-order valence-corrected chi connectivity index (χ1v) is 7.38. The number of hydrogen-bond acceptors (Lipinski definition) is 7. The first-order chi connectivity index (χ1) is 9.76. The van der Waals surface area contributed by atoms with Crippen molar-refractivity contribution in [3.8, 4) is 0 Å². The molecular weight excluding hydrogens is 256 g/mol. The lowest BCUT2D eigenvalue weighted by Crippen LogP contribution is -2.26. The van der Waals surface area contributed by atoms with Crippen molar-refractivity contribution < 1.29 is 5.11 Å². The van der Waals surface area contributed by atoms with Crippen LogP contribution in [0.2, 0.25) is 0 Å². The number of nitrogens with zero attached hydrogens (tertiary/aromatic N) is 5. The molecule has 7 heteroatoms. The molecule has 0 radical (unpaired) electrons. The zero-order chi connectivity index (χ0) is 13.9. The van der Waals surface area contributed by atoms with Crippen LogP contribution in [0.5, 0.6) is 0 Å². The van der Waals surface area contributed by atoms with Gasteiger partial charge in [-0.15, -0.1) is 0 Å². The number of aliphatic hydroxyl groups excluding tert-OH is 1. The quantitative estimate of drug-likeness (QED) is 0.816. The average molecular weight is 278 g/mol. The summed E-state index contributed by atoms with van der Waals surface area (Å²) in [4.78, 5) is 17.4. The normalized spacial score (nSPS) is 22.8. The van der Waals surface area contributed by atoms with Gasteiger partial charge in [-0.25, -0.2) is 0 Å². The van der Waals surface area contributed by atoms with E-state index in [-0.39, 0.29) is 6.61 Å². The summed E-state index contributed by atoms with van der Waals surface area (Å²) < 4.78 is 0. The number of aromatic nitrogens is 3. The van der Waals surface area contributed by atoms with Crippen molar-refractivity contribution in [3.63, 3.8) is 0 Å². The molecule has 1 atom stereocenters. The highest BCUT2D eigenvalue weighted by Gasteiger charge is 2.25.